The van der Waals surface area contributed by atoms with Crippen LogP contribution >= 0.6 is 27.3 Å². The van der Waals surface area contributed by atoms with Crippen LogP contribution in [0.4, 0.5) is 4.39 Å². The summed E-state index contributed by atoms with van der Waals surface area (Å²) in [5.41, 5.74) is 0.660. The highest BCUT2D eigenvalue weighted by atomic mass is 79.9. The lowest BCUT2D eigenvalue weighted by Gasteiger charge is -2.00. The van der Waals surface area contributed by atoms with Crippen LogP contribution in [0.25, 0.3) is 10.6 Å². The lowest BCUT2D eigenvalue weighted by molar-refractivity contribution is 0.112. The SMILES string of the molecule is O=Cc1cnc(-c2cccc(F)c2Br)s1. The number of hydrogen-bond acceptors (Lipinski definition) is 3. The molecule has 0 aliphatic rings. The van der Waals surface area contributed by atoms with Gasteiger partial charge in [-0.05, 0) is 22.0 Å². The molecular weight excluding hydrogens is 281 g/mol. The van der Waals surface area contributed by atoms with E-state index in [2.05, 4.69) is 20.9 Å². The maximum absolute atomic E-state index is 13.2. The molecule has 0 aliphatic carbocycles. The Hall–Kier alpha value is -1.07. The topological polar surface area (TPSA) is 30.0 Å². The predicted molar refractivity (Wildman–Crippen MR) is 60.6 cm³/mol. The Bertz CT molecular complexity index is 512. The summed E-state index contributed by atoms with van der Waals surface area (Å²) in [6, 6.07) is 4.72. The molecule has 0 fully saturated rings. The number of rotatable bonds is 2. The van der Waals surface area contributed by atoms with Gasteiger partial charge in [0.25, 0.3) is 0 Å². The first kappa shape index (κ1) is 10.4. The molecule has 0 amide bonds. The number of halogens is 2. The van der Waals surface area contributed by atoms with Crippen LogP contribution in [0.3, 0.4) is 0 Å². The third-order valence-electron chi connectivity index (χ3n) is 1.82. The fraction of sp³-hybridized carbons (Fsp3) is 0. The molecule has 5 heteroatoms. The van der Waals surface area contributed by atoms with E-state index in [4.69, 9.17) is 0 Å². The number of nitrogens with zero attached hydrogens (tertiary/aromatic N) is 1. The van der Waals surface area contributed by atoms with Crippen molar-refractivity contribution in [2.24, 2.45) is 0 Å². The molecule has 1 heterocycles. The van der Waals surface area contributed by atoms with E-state index in [1.165, 1.54) is 23.6 Å². The molecule has 0 spiro atoms. The average Bonchev–Trinajstić information content (AvgIpc) is 2.70. The van der Waals surface area contributed by atoms with E-state index in [-0.39, 0.29) is 5.82 Å². The molecule has 15 heavy (non-hydrogen) atoms. The second-order valence-electron chi connectivity index (χ2n) is 2.79. The van der Waals surface area contributed by atoms with E-state index in [0.29, 0.717) is 19.9 Å². The smallest absolute Gasteiger partial charge is 0.161 e. The highest BCUT2D eigenvalue weighted by Gasteiger charge is 2.10. The van der Waals surface area contributed by atoms with E-state index in [9.17, 15) is 9.18 Å². The number of thiazole rings is 1. The van der Waals surface area contributed by atoms with E-state index in [1.807, 2.05) is 0 Å². The normalized spacial score (nSPS) is 10.3. The van der Waals surface area contributed by atoms with E-state index < -0.39 is 0 Å². The Balaban J connectivity index is 2.53. The van der Waals surface area contributed by atoms with Gasteiger partial charge in [0.15, 0.2) is 6.29 Å². The quantitative estimate of drug-likeness (QED) is 0.790. The van der Waals surface area contributed by atoms with Crippen LogP contribution in [-0.4, -0.2) is 11.3 Å². The summed E-state index contributed by atoms with van der Waals surface area (Å²) >= 11 is 4.38. The summed E-state index contributed by atoms with van der Waals surface area (Å²) in [5.74, 6) is -0.338. The van der Waals surface area contributed by atoms with Crippen molar-refractivity contribution in [2.45, 2.75) is 0 Å². The molecule has 2 nitrogen and oxygen atoms in total. The first-order valence-corrected chi connectivity index (χ1v) is 5.68. The van der Waals surface area contributed by atoms with Gasteiger partial charge in [-0.15, -0.1) is 11.3 Å². The lowest BCUT2D eigenvalue weighted by Crippen LogP contribution is -1.82. The predicted octanol–water partition coefficient (Wildman–Crippen LogP) is 3.52. The van der Waals surface area contributed by atoms with Crippen molar-refractivity contribution in [3.8, 4) is 10.6 Å². The van der Waals surface area contributed by atoms with Crippen molar-refractivity contribution in [3.05, 3.63) is 39.6 Å². The summed E-state index contributed by atoms with van der Waals surface area (Å²) in [6.45, 7) is 0. The summed E-state index contributed by atoms with van der Waals surface area (Å²) < 4.78 is 13.6. The maximum atomic E-state index is 13.2. The van der Waals surface area contributed by atoms with E-state index >= 15 is 0 Å². The zero-order valence-corrected chi connectivity index (χ0v) is 9.81. The molecule has 2 aromatic rings. The Morgan fingerprint density at radius 3 is 2.93 bits per heavy atom. The molecule has 76 valence electrons. The Kier molecular flexibility index (Phi) is 2.93. The van der Waals surface area contributed by atoms with Gasteiger partial charge in [0, 0.05) is 11.8 Å². The van der Waals surface area contributed by atoms with E-state index in [1.54, 1.807) is 12.1 Å². The number of carbonyl (C=O) groups is 1. The van der Waals surface area contributed by atoms with Crippen LogP contribution in [0.1, 0.15) is 9.67 Å². The largest absolute Gasteiger partial charge is 0.297 e. The minimum Gasteiger partial charge on any atom is -0.297 e. The van der Waals surface area contributed by atoms with Crippen LogP contribution in [0, 0.1) is 5.82 Å². The van der Waals surface area contributed by atoms with Gasteiger partial charge in [0.1, 0.15) is 10.8 Å². The lowest BCUT2D eigenvalue weighted by atomic mass is 10.2. The molecule has 1 aromatic heterocycles. The summed E-state index contributed by atoms with van der Waals surface area (Å²) in [4.78, 5) is 15.1. The minimum absolute atomic E-state index is 0.338. The van der Waals surface area contributed by atoms with Crippen LogP contribution in [0.15, 0.2) is 28.9 Å². The van der Waals surface area contributed by atoms with Crippen molar-refractivity contribution < 1.29 is 9.18 Å². The van der Waals surface area contributed by atoms with Gasteiger partial charge in [-0.2, -0.15) is 0 Å². The first-order valence-electron chi connectivity index (χ1n) is 4.08. The maximum Gasteiger partial charge on any atom is 0.161 e. The molecular formula is C10H5BrFNOS. The fourth-order valence-corrected chi connectivity index (χ4v) is 2.48. The Morgan fingerprint density at radius 2 is 2.27 bits per heavy atom. The fourth-order valence-electron chi connectivity index (χ4n) is 1.13. The number of benzene rings is 1. The second-order valence-corrected chi connectivity index (χ2v) is 4.64. The highest BCUT2D eigenvalue weighted by molar-refractivity contribution is 9.10. The van der Waals surface area contributed by atoms with Crippen molar-refractivity contribution >= 4 is 33.6 Å². The average molecular weight is 286 g/mol. The molecule has 0 N–H and O–H groups in total. The monoisotopic (exact) mass is 285 g/mol. The van der Waals surface area contributed by atoms with Crippen molar-refractivity contribution in [1.29, 1.82) is 0 Å². The van der Waals surface area contributed by atoms with Crippen LogP contribution < -0.4 is 0 Å². The van der Waals surface area contributed by atoms with Gasteiger partial charge >= 0.3 is 0 Å². The second kappa shape index (κ2) is 4.20. The third kappa shape index (κ3) is 1.98. The van der Waals surface area contributed by atoms with Gasteiger partial charge in [0.2, 0.25) is 0 Å². The molecule has 0 bridgehead atoms. The highest BCUT2D eigenvalue weighted by Crippen LogP contribution is 2.32. The minimum atomic E-state index is -0.338. The van der Waals surface area contributed by atoms with Gasteiger partial charge < -0.3 is 0 Å². The number of hydrogen-bond donors (Lipinski definition) is 0. The number of carbonyl (C=O) groups excluding carboxylic acids is 1. The van der Waals surface area contributed by atoms with Crippen LogP contribution in [-0.2, 0) is 0 Å². The molecule has 0 saturated heterocycles. The van der Waals surface area contributed by atoms with Crippen LogP contribution in [0.5, 0.6) is 0 Å². The Morgan fingerprint density at radius 1 is 1.47 bits per heavy atom. The van der Waals surface area contributed by atoms with Crippen LogP contribution in [0.2, 0.25) is 0 Å². The molecule has 0 aliphatic heterocycles. The third-order valence-corrected chi connectivity index (χ3v) is 3.58. The van der Waals surface area contributed by atoms with Gasteiger partial charge in [-0.3, -0.25) is 4.79 Å². The summed E-state index contributed by atoms with van der Waals surface area (Å²) in [7, 11) is 0. The summed E-state index contributed by atoms with van der Waals surface area (Å²) in [6.07, 6.45) is 2.21. The molecule has 0 radical (unpaired) electrons. The van der Waals surface area contributed by atoms with Crippen molar-refractivity contribution in [2.75, 3.05) is 0 Å². The molecule has 1 aromatic carbocycles. The van der Waals surface area contributed by atoms with Crippen molar-refractivity contribution in [1.82, 2.24) is 4.98 Å². The zero-order valence-electron chi connectivity index (χ0n) is 7.41. The standard InChI is InChI=1S/C10H5BrFNOS/c11-9-7(2-1-3-8(9)12)10-13-4-6(5-14)15-10/h1-5H. The number of aldehydes is 1. The zero-order chi connectivity index (χ0) is 10.8. The molecule has 0 atom stereocenters. The number of aromatic nitrogens is 1. The van der Waals surface area contributed by atoms with Gasteiger partial charge in [-0.1, -0.05) is 12.1 Å². The van der Waals surface area contributed by atoms with Gasteiger partial charge in [0.05, 0.1) is 9.35 Å². The van der Waals surface area contributed by atoms with Crippen molar-refractivity contribution in [3.63, 3.8) is 0 Å². The molecule has 2 rings (SSSR count). The van der Waals surface area contributed by atoms with Gasteiger partial charge in [-0.25, -0.2) is 9.37 Å². The summed E-state index contributed by atoms with van der Waals surface area (Å²) in [5, 5.41) is 0.628. The molecule has 0 saturated carbocycles. The van der Waals surface area contributed by atoms with E-state index in [0.717, 1.165) is 6.29 Å². The Labute approximate surface area is 97.9 Å². The molecule has 0 unspecified atom stereocenters. The first-order chi connectivity index (χ1) is 7.22.